The van der Waals surface area contributed by atoms with Gasteiger partial charge in [0, 0.05) is 17.6 Å². The molecule has 1 unspecified atom stereocenters. The van der Waals surface area contributed by atoms with E-state index in [1.165, 1.54) is 6.07 Å². The molecule has 0 heterocycles. The Morgan fingerprint density at radius 1 is 1.00 bits per heavy atom. The summed E-state index contributed by atoms with van der Waals surface area (Å²) in [4.78, 5) is 0. The van der Waals surface area contributed by atoms with Gasteiger partial charge in [0.1, 0.15) is 11.6 Å². The monoisotopic (exact) mass is 273 g/mol. The first-order valence-corrected chi connectivity index (χ1v) is 6.76. The van der Waals surface area contributed by atoms with Crippen molar-refractivity contribution in [2.24, 2.45) is 0 Å². The first-order chi connectivity index (χ1) is 9.61. The Balaban J connectivity index is 2.11. The molecule has 0 aromatic heterocycles. The summed E-state index contributed by atoms with van der Waals surface area (Å²) in [5.74, 6) is 0.653. The Labute approximate surface area is 119 Å². The molecule has 0 saturated carbocycles. The van der Waals surface area contributed by atoms with Gasteiger partial charge < -0.3 is 10.1 Å². The first-order valence-electron chi connectivity index (χ1n) is 6.76. The van der Waals surface area contributed by atoms with Gasteiger partial charge in [-0.2, -0.15) is 0 Å². The zero-order chi connectivity index (χ0) is 14.5. The van der Waals surface area contributed by atoms with Crippen LogP contribution in [-0.2, 0) is 0 Å². The lowest BCUT2D eigenvalue weighted by Gasteiger charge is -2.21. The van der Waals surface area contributed by atoms with Gasteiger partial charge in [-0.05, 0) is 37.6 Å². The second kappa shape index (κ2) is 6.53. The van der Waals surface area contributed by atoms with Crippen molar-refractivity contribution in [3.63, 3.8) is 0 Å². The Morgan fingerprint density at radius 2 is 1.75 bits per heavy atom. The zero-order valence-corrected chi connectivity index (χ0v) is 12.1. The van der Waals surface area contributed by atoms with Crippen molar-refractivity contribution in [3.05, 3.63) is 65.5 Å². The first kappa shape index (κ1) is 14.5. The van der Waals surface area contributed by atoms with E-state index in [0.717, 1.165) is 11.3 Å². The molecule has 2 aromatic carbocycles. The Kier molecular flexibility index (Phi) is 4.74. The van der Waals surface area contributed by atoms with E-state index in [4.69, 9.17) is 4.74 Å². The summed E-state index contributed by atoms with van der Waals surface area (Å²) in [6.45, 7) is 4.03. The topological polar surface area (TPSA) is 21.3 Å². The predicted octanol–water partition coefficient (Wildman–Crippen LogP) is 4.25. The molecule has 2 nitrogen and oxygen atoms in total. The molecule has 0 aliphatic rings. The lowest BCUT2D eigenvalue weighted by molar-refractivity contribution is 0.412. The van der Waals surface area contributed by atoms with Crippen LogP contribution in [0.3, 0.4) is 0 Å². The Bertz CT molecular complexity index is 570. The van der Waals surface area contributed by atoms with Gasteiger partial charge >= 0.3 is 0 Å². The molecular formula is C17H20FNO. The van der Waals surface area contributed by atoms with Crippen LogP contribution in [-0.4, -0.2) is 7.11 Å². The van der Waals surface area contributed by atoms with Gasteiger partial charge in [-0.15, -0.1) is 0 Å². The summed E-state index contributed by atoms with van der Waals surface area (Å²) < 4.78 is 19.0. The summed E-state index contributed by atoms with van der Waals surface area (Å²) in [5.41, 5.74) is 1.80. The van der Waals surface area contributed by atoms with E-state index in [2.05, 4.69) is 12.2 Å². The van der Waals surface area contributed by atoms with E-state index in [0.29, 0.717) is 5.56 Å². The molecule has 3 heteroatoms. The average Bonchev–Trinajstić information content (AvgIpc) is 2.47. The van der Waals surface area contributed by atoms with Crippen LogP contribution >= 0.6 is 0 Å². The van der Waals surface area contributed by atoms with Crippen LogP contribution in [0.25, 0.3) is 0 Å². The van der Waals surface area contributed by atoms with Gasteiger partial charge in [-0.25, -0.2) is 4.39 Å². The van der Waals surface area contributed by atoms with Crippen molar-refractivity contribution in [2.75, 3.05) is 7.11 Å². The molecule has 2 aromatic rings. The zero-order valence-electron chi connectivity index (χ0n) is 12.1. The minimum Gasteiger partial charge on any atom is -0.497 e. The molecule has 0 saturated heterocycles. The summed E-state index contributed by atoms with van der Waals surface area (Å²) in [6.07, 6.45) is 0. The normalized spacial score (nSPS) is 13.8. The maximum Gasteiger partial charge on any atom is 0.127 e. The second-order valence-electron chi connectivity index (χ2n) is 4.91. The number of ether oxygens (including phenoxy) is 1. The van der Waals surface area contributed by atoms with Crippen LogP contribution < -0.4 is 10.1 Å². The van der Waals surface area contributed by atoms with Gasteiger partial charge in [0.15, 0.2) is 0 Å². The number of halogens is 1. The van der Waals surface area contributed by atoms with E-state index in [9.17, 15) is 4.39 Å². The molecule has 2 atom stereocenters. The lowest BCUT2D eigenvalue weighted by atomic mass is 10.0. The number of rotatable bonds is 5. The highest BCUT2D eigenvalue weighted by Gasteiger charge is 2.14. The number of nitrogens with one attached hydrogen (secondary N) is 1. The molecule has 0 aliphatic carbocycles. The standard InChI is InChI=1S/C17H20FNO/c1-12(14-7-6-8-15(11-14)20-3)19-13(2)16-9-4-5-10-17(16)18/h4-13,19H,1-3H3/t12-,13?/m1/s1. The highest BCUT2D eigenvalue weighted by molar-refractivity contribution is 5.30. The maximum atomic E-state index is 13.8. The molecule has 1 N–H and O–H groups in total. The highest BCUT2D eigenvalue weighted by atomic mass is 19.1. The minimum absolute atomic E-state index is 0.0580. The maximum absolute atomic E-state index is 13.8. The molecule has 20 heavy (non-hydrogen) atoms. The average molecular weight is 273 g/mol. The van der Waals surface area contributed by atoms with Gasteiger partial charge in [0.25, 0.3) is 0 Å². The van der Waals surface area contributed by atoms with Crippen LogP contribution in [0.5, 0.6) is 5.75 Å². The Morgan fingerprint density at radius 3 is 2.45 bits per heavy atom. The van der Waals surface area contributed by atoms with Crippen molar-refractivity contribution in [3.8, 4) is 5.75 Å². The molecule has 2 rings (SSSR count). The third kappa shape index (κ3) is 3.36. The van der Waals surface area contributed by atoms with Crippen molar-refractivity contribution >= 4 is 0 Å². The van der Waals surface area contributed by atoms with Gasteiger partial charge in [-0.1, -0.05) is 30.3 Å². The van der Waals surface area contributed by atoms with Crippen molar-refractivity contribution in [1.82, 2.24) is 5.32 Å². The van der Waals surface area contributed by atoms with Crippen LogP contribution in [0.15, 0.2) is 48.5 Å². The smallest absolute Gasteiger partial charge is 0.127 e. The SMILES string of the molecule is COc1cccc([C@@H](C)NC(C)c2ccccc2F)c1. The quantitative estimate of drug-likeness (QED) is 0.879. The largest absolute Gasteiger partial charge is 0.497 e. The van der Waals surface area contributed by atoms with Gasteiger partial charge in [0.05, 0.1) is 7.11 Å². The number of hydrogen-bond donors (Lipinski definition) is 1. The summed E-state index contributed by atoms with van der Waals surface area (Å²) in [5, 5.41) is 3.41. The molecular weight excluding hydrogens is 253 g/mol. The summed E-state index contributed by atoms with van der Waals surface area (Å²) in [6, 6.07) is 14.8. The Hall–Kier alpha value is -1.87. The summed E-state index contributed by atoms with van der Waals surface area (Å²) >= 11 is 0. The number of hydrogen-bond acceptors (Lipinski definition) is 2. The number of methoxy groups -OCH3 is 1. The predicted molar refractivity (Wildman–Crippen MR) is 79.4 cm³/mol. The third-order valence-electron chi connectivity index (χ3n) is 3.47. The van der Waals surface area contributed by atoms with Crippen molar-refractivity contribution in [1.29, 1.82) is 0 Å². The highest BCUT2D eigenvalue weighted by Crippen LogP contribution is 2.23. The van der Waals surface area contributed by atoms with Gasteiger partial charge in [-0.3, -0.25) is 0 Å². The summed E-state index contributed by atoms with van der Waals surface area (Å²) in [7, 11) is 1.65. The van der Waals surface area contributed by atoms with E-state index < -0.39 is 0 Å². The van der Waals surface area contributed by atoms with E-state index in [-0.39, 0.29) is 17.9 Å². The molecule has 0 fully saturated rings. The number of benzene rings is 2. The second-order valence-corrected chi connectivity index (χ2v) is 4.91. The fourth-order valence-corrected chi connectivity index (χ4v) is 2.30. The lowest BCUT2D eigenvalue weighted by Crippen LogP contribution is -2.23. The van der Waals surface area contributed by atoms with Crippen LogP contribution in [0, 0.1) is 5.82 Å². The molecule has 0 spiro atoms. The van der Waals surface area contributed by atoms with E-state index >= 15 is 0 Å². The van der Waals surface area contributed by atoms with Crippen LogP contribution in [0.1, 0.15) is 37.1 Å². The van der Waals surface area contributed by atoms with Crippen LogP contribution in [0.4, 0.5) is 4.39 Å². The van der Waals surface area contributed by atoms with E-state index in [1.54, 1.807) is 13.2 Å². The van der Waals surface area contributed by atoms with Crippen molar-refractivity contribution < 1.29 is 9.13 Å². The molecule has 0 bridgehead atoms. The van der Waals surface area contributed by atoms with Crippen LogP contribution in [0.2, 0.25) is 0 Å². The van der Waals surface area contributed by atoms with Crippen molar-refractivity contribution in [2.45, 2.75) is 25.9 Å². The molecule has 106 valence electrons. The molecule has 0 radical (unpaired) electrons. The van der Waals surface area contributed by atoms with E-state index in [1.807, 2.05) is 43.3 Å². The molecule has 0 amide bonds. The fraction of sp³-hybridized carbons (Fsp3) is 0.294. The minimum atomic E-state index is -0.176. The fourth-order valence-electron chi connectivity index (χ4n) is 2.30. The molecule has 0 aliphatic heterocycles. The third-order valence-corrected chi connectivity index (χ3v) is 3.47. The van der Waals surface area contributed by atoms with Gasteiger partial charge in [0.2, 0.25) is 0 Å².